The predicted octanol–water partition coefficient (Wildman–Crippen LogP) is 3.09. The van der Waals surface area contributed by atoms with Crippen LogP contribution >= 0.6 is 0 Å². The van der Waals surface area contributed by atoms with Crippen LogP contribution in [-0.2, 0) is 6.18 Å². The van der Waals surface area contributed by atoms with Crippen LogP contribution in [0.15, 0.2) is 6.20 Å². The number of alkyl halides is 5. The molecule has 0 aliphatic rings. The van der Waals surface area contributed by atoms with Gasteiger partial charge in [0.25, 0.3) is 12.1 Å². The summed E-state index contributed by atoms with van der Waals surface area (Å²) < 4.78 is 74.0. The monoisotopic (exact) mass is 260 g/mol. The molecule has 4 nitrogen and oxygen atoms in total. The summed E-state index contributed by atoms with van der Waals surface area (Å²) in [5.74, 6) is -2.43. The van der Waals surface area contributed by atoms with E-state index in [0.29, 0.717) is 0 Å². The molecule has 0 aliphatic carbocycles. The van der Waals surface area contributed by atoms with Crippen molar-refractivity contribution in [3.05, 3.63) is 33.4 Å². The van der Waals surface area contributed by atoms with E-state index in [-0.39, 0.29) is 6.20 Å². The molecular formula is C7H2F6N2O2. The highest BCUT2D eigenvalue weighted by atomic mass is 19.4. The topological polar surface area (TPSA) is 56.0 Å². The minimum atomic E-state index is -5.30. The van der Waals surface area contributed by atoms with Gasteiger partial charge in [-0.1, -0.05) is 0 Å². The van der Waals surface area contributed by atoms with Gasteiger partial charge in [0.1, 0.15) is 11.8 Å². The lowest BCUT2D eigenvalue weighted by Crippen LogP contribution is -2.14. The number of hydrogen-bond donors (Lipinski definition) is 0. The molecule has 0 spiro atoms. The summed E-state index contributed by atoms with van der Waals surface area (Å²) in [5.41, 5.74) is -5.62. The molecule has 0 radical (unpaired) electrons. The molecule has 10 heteroatoms. The fraction of sp³-hybridized carbons (Fsp3) is 0.286. The van der Waals surface area contributed by atoms with E-state index in [9.17, 15) is 36.5 Å². The summed E-state index contributed by atoms with van der Waals surface area (Å²) in [7, 11) is 0. The molecule has 0 bridgehead atoms. The lowest BCUT2D eigenvalue weighted by molar-refractivity contribution is -0.386. The van der Waals surface area contributed by atoms with Crippen LogP contribution in [0.25, 0.3) is 0 Å². The molecule has 0 fully saturated rings. The van der Waals surface area contributed by atoms with Crippen molar-refractivity contribution in [2.24, 2.45) is 0 Å². The molecule has 0 amide bonds. The average Bonchev–Trinajstić information content (AvgIpc) is 2.13. The predicted molar refractivity (Wildman–Crippen MR) is 40.8 cm³/mol. The van der Waals surface area contributed by atoms with Gasteiger partial charge in [0.2, 0.25) is 0 Å². The quantitative estimate of drug-likeness (QED) is 0.466. The van der Waals surface area contributed by atoms with Crippen LogP contribution < -0.4 is 0 Å². The molecular weight excluding hydrogens is 258 g/mol. The van der Waals surface area contributed by atoms with Gasteiger partial charge in [0, 0.05) is 0 Å². The van der Waals surface area contributed by atoms with E-state index in [0.717, 1.165) is 0 Å². The molecule has 1 aromatic rings. The third-order valence-corrected chi connectivity index (χ3v) is 1.72. The standard InChI is InChI=1S/C7H2F6N2O2/c8-4-3(6(9)10)2(15(16)17)1-14-5(4)7(11,12)13/h1,6H. The molecule has 17 heavy (non-hydrogen) atoms. The Morgan fingerprint density at radius 3 is 2.24 bits per heavy atom. The SMILES string of the molecule is O=[N+]([O-])c1cnc(C(F)(F)F)c(F)c1C(F)F. The molecule has 0 saturated heterocycles. The van der Waals surface area contributed by atoms with E-state index in [4.69, 9.17) is 0 Å². The smallest absolute Gasteiger partial charge is 0.258 e. The Balaban J connectivity index is 3.55. The fourth-order valence-corrected chi connectivity index (χ4v) is 1.04. The van der Waals surface area contributed by atoms with Crippen LogP contribution in [0.3, 0.4) is 0 Å². The highest BCUT2D eigenvalue weighted by molar-refractivity contribution is 5.41. The lowest BCUT2D eigenvalue weighted by atomic mass is 10.2. The summed E-state index contributed by atoms with van der Waals surface area (Å²) in [4.78, 5) is 11.2. The molecule has 0 aromatic carbocycles. The number of halogens is 6. The molecule has 0 unspecified atom stereocenters. The van der Waals surface area contributed by atoms with Gasteiger partial charge >= 0.3 is 6.18 Å². The molecule has 0 atom stereocenters. The molecule has 0 aliphatic heterocycles. The van der Waals surface area contributed by atoms with Gasteiger partial charge in [0.05, 0.1) is 4.92 Å². The Morgan fingerprint density at radius 1 is 1.35 bits per heavy atom. The van der Waals surface area contributed by atoms with Crippen LogP contribution in [0, 0.1) is 15.9 Å². The molecule has 1 heterocycles. The van der Waals surface area contributed by atoms with Crippen molar-refractivity contribution in [2.75, 3.05) is 0 Å². The molecule has 0 saturated carbocycles. The highest BCUT2D eigenvalue weighted by Crippen LogP contribution is 2.37. The van der Waals surface area contributed by atoms with Crippen LogP contribution in [0.1, 0.15) is 17.7 Å². The maximum Gasteiger partial charge on any atom is 0.436 e. The summed E-state index contributed by atoms with van der Waals surface area (Å²) in [5, 5.41) is 10.2. The highest BCUT2D eigenvalue weighted by Gasteiger charge is 2.41. The summed E-state index contributed by atoms with van der Waals surface area (Å²) in [6.45, 7) is 0. The zero-order chi connectivity index (χ0) is 13.4. The van der Waals surface area contributed by atoms with Gasteiger partial charge in [-0.3, -0.25) is 10.1 Å². The maximum absolute atomic E-state index is 13.1. The van der Waals surface area contributed by atoms with Gasteiger partial charge in [-0.05, 0) is 0 Å². The van der Waals surface area contributed by atoms with Crippen LogP contribution in [-0.4, -0.2) is 9.91 Å². The molecule has 94 valence electrons. The number of nitrogens with zero attached hydrogens (tertiary/aromatic N) is 2. The largest absolute Gasteiger partial charge is 0.436 e. The number of pyridine rings is 1. The Labute approximate surface area is 89.0 Å². The van der Waals surface area contributed by atoms with Crippen molar-refractivity contribution >= 4 is 5.69 Å². The van der Waals surface area contributed by atoms with E-state index < -0.39 is 40.3 Å². The first kappa shape index (κ1) is 13.2. The Morgan fingerprint density at radius 2 is 1.88 bits per heavy atom. The first-order valence-electron chi connectivity index (χ1n) is 3.84. The van der Waals surface area contributed by atoms with E-state index in [1.54, 1.807) is 0 Å². The van der Waals surface area contributed by atoms with Crippen molar-refractivity contribution in [2.45, 2.75) is 12.6 Å². The second-order valence-electron chi connectivity index (χ2n) is 2.78. The first-order valence-corrected chi connectivity index (χ1v) is 3.84. The van der Waals surface area contributed by atoms with Gasteiger partial charge < -0.3 is 0 Å². The van der Waals surface area contributed by atoms with Crippen molar-refractivity contribution in [3.8, 4) is 0 Å². The zero-order valence-electron chi connectivity index (χ0n) is 7.63. The van der Waals surface area contributed by atoms with Crippen LogP contribution in [0.4, 0.5) is 32.0 Å². The van der Waals surface area contributed by atoms with E-state index in [1.165, 1.54) is 0 Å². The lowest BCUT2D eigenvalue weighted by Gasteiger charge is -2.09. The third kappa shape index (κ3) is 2.45. The fourth-order valence-electron chi connectivity index (χ4n) is 1.04. The number of rotatable bonds is 2. The van der Waals surface area contributed by atoms with Crippen LogP contribution in [0.2, 0.25) is 0 Å². The van der Waals surface area contributed by atoms with Crippen molar-refractivity contribution < 1.29 is 31.3 Å². The summed E-state index contributed by atoms with van der Waals surface area (Å²) >= 11 is 0. The van der Waals surface area contributed by atoms with Gasteiger partial charge in [-0.25, -0.2) is 18.2 Å². The molecule has 0 N–H and O–H groups in total. The number of hydrogen-bond acceptors (Lipinski definition) is 3. The van der Waals surface area contributed by atoms with E-state index in [1.807, 2.05) is 0 Å². The van der Waals surface area contributed by atoms with Gasteiger partial charge in [-0.2, -0.15) is 13.2 Å². The third-order valence-electron chi connectivity index (χ3n) is 1.72. The summed E-state index contributed by atoms with van der Waals surface area (Å²) in [6, 6.07) is 0. The van der Waals surface area contributed by atoms with E-state index in [2.05, 4.69) is 4.98 Å². The van der Waals surface area contributed by atoms with Crippen molar-refractivity contribution in [3.63, 3.8) is 0 Å². The second-order valence-corrected chi connectivity index (χ2v) is 2.78. The maximum atomic E-state index is 13.1. The molecule has 1 rings (SSSR count). The Bertz CT molecular complexity index is 458. The number of nitro groups is 1. The minimum absolute atomic E-state index is 0.0482. The Hall–Kier alpha value is -1.87. The summed E-state index contributed by atoms with van der Waals surface area (Å²) in [6.07, 6.45) is -9.10. The normalized spacial score (nSPS) is 11.9. The second kappa shape index (κ2) is 4.18. The van der Waals surface area contributed by atoms with Gasteiger partial charge in [-0.15, -0.1) is 0 Å². The number of aromatic nitrogens is 1. The zero-order valence-corrected chi connectivity index (χ0v) is 7.63. The average molecular weight is 260 g/mol. The van der Waals surface area contributed by atoms with Crippen molar-refractivity contribution in [1.29, 1.82) is 0 Å². The van der Waals surface area contributed by atoms with Gasteiger partial charge in [0.15, 0.2) is 11.5 Å². The van der Waals surface area contributed by atoms with Crippen molar-refractivity contribution in [1.82, 2.24) is 4.98 Å². The van der Waals surface area contributed by atoms with Crippen LogP contribution in [0.5, 0.6) is 0 Å². The first-order chi connectivity index (χ1) is 7.66. The minimum Gasteiger partial charge on any atom is -0.258 e. The molecule has 1 aromatic heterocycles. The Kier molecular flexibility index (Phi) is 3.25. The van der Waals surface area contributed by atoms with E-state index >= 15 is 0 Å².